The van der Waals surface area contributed by atoms with Gasteiger partial charge in [0.15, 0.2) is 5.78 Å². The Bertz CT molecular complexity index is 312. The Morgan fingerprint density at radius 2 is 2.25 bits per heavy atom. The molecule has 0 saturated heterocycles. The van der Waals surface area contributed by atoms with Crippen molar-refractivity contribution in [1.82, 2.24) is 9.97 Å². The van der Waals surface area contributed by atoms with Crippen LogP contribution in [-0.4, -0.2) is 15.8 Å². The number of carbonyl (C=O) groups excluding carboxylic acids is 1. The van der Waals surface area contributed by atoms with E-state index < -0.39 is 0 Å². The zero-order valence-electron chi connectivity index (χ0n) is 7.03. The van der Waals surface area contributed by atoms with Crippen molar-refractivity contribution >= 4 is 18.4 Å². The van der Waals surface area contributed by atoms with Crippen LogP contribution in [-0.2, 0) is 0 Å². The largest absolute Gasteiger partial charge is 0.292 e. The predicted octanol–water partition coefficient (Wildman–Crippen LogP) is 1.67. The van der Waals surface area contributed by atoms with Gasteiger partial charge in [-0.2, -0.15) is 0 Å². The summed E-state index contributed by atoms with van der Waals surface area (Å²) in [6.45, 7) is 3.60. The van der Waals surface area contributed by atoms with E-state index in [1.54, 1.807) is 13.8 Å². The third-order valence-electron chi connectivity index (χ3n) is 1.59. The molecule has 64 valence electrons. The number of aromatic nitrogens is 2. The van der Waals surface area contributed by atoms with Crippen LogP contribution >= 0.6 is 12.6 Å². The highest BCUT2D eigenvalue weighted by Gasteiger charge is 2.10. The van der Waals surface area contributed by atoms with Gasteiger partial charge in [-0.25, -0.2) is 9.97 Å². The molecule has 0 unspecified atom stereocenters. The summed E-state index contributed by atoms with van der Waals surface area (Å²) in [6.07, 6.45) is 1.84. The van der Waals surface area contributed by atoms with Gasteiger partial charge >= 0.3 is 0 Å². The first-order valence-corrected chi connectivity index (χ1v) is 4.15. The highest BCUT2D eigenvalue weighted by molar-refractivity contribution is 7.80. The van der Waals surface area contributed by atoms with Gasteiger partial charge in [0.2, 0.25) is 0 Å². The Kier molecular flexibility index (Phi) is 2.81. The van der Waals surface area contributed by atoms with Crippen molar-refractivity contribution in [3.8, 4) is 0 Å². The molecule has 0 fully saturated rings. The summed E-state index contributed by atoms with van der Waals surface area (Å²) in [5.74, 6) is 0.00509. The predicted molar refractivity (Wildman–Crippen MR) is 48.6 cm³/mol. The summed E-state index contributed by atoms with van der Waals surface area (Å²) in [5.41, 5.74) is 1.17. The van der Waals surface area contributed by atoms with Crippen molar-refractivity contribution in [2.45, 2.75) is 25.2 Å². The van der Waals surface area contributed by atoms with Gasteiger partial charge in [0.1, 0.15) is 12.0 Å². The Hall–Kier alpha value is -0.900. The average molecular weight is 182 g/mol. The molecule has 0 aromatic carbocycles. The van der Waals surface area contributed by atoms with Crippen molar-refractivity contribution in [2.75, 3.05) is 0 Å². The van der Waals surface area contributed by atoms with Crippen LogP contribution in [0.5, 0.6) is 0 Å². The molecule has 12 heavy (non-hydrogen) atoms. The van der Waals surface area contributed by atoms with Crippen LogP contribution in [0.15, 0.2) is 11.2 Å². The van der Waals surface area contributed by atoms with Gasteiger partial charge in [-0.15, -0.1) is 12.6 Å². The maximum absolute atomic E-state index is 11.2. The molecule has 0 amide bonds. The van der Waals surface area contributed by atoms with Crippen LogP contribution in [0, 0.1) is 6.92 Å². The minimum Gasteiger partial charge on any atom is -0.292 e. The smallest absolute Gasteiger partial charge is 0.182 e. The molecule has 0 bridgehead atoms. The fourth-order valence-corrected chi connectivity index (χ4v) is 1.08. The molecule has 0 aliphatic heterocycles. The topological polar surface area (TPSA) is 42.9 Å². The summed E-state index contributed by atoms with van der Waals surface area (Å²) < 4.78 is 0. The molecular formula is C8H10N2OS. The van der Waals surface area contributed by atoms with Gasteiger partial charge < -0.3 is 0 Å². The Morgan fingerprint density at radius 3 is 2.83 bits per heavy atom. The van der Waals surface area contributed by atoms with Crippen molar-refractivity contribution in [3.63, 3.8) is 0 Å². The van der Waals surface area contributed by atoms with E-state index in [4.69, 9.17) is 0 Å². The van der Waals surface area contributed by atoms with E-state index in [0.717, 1.165) is 5.69 Å². The minimum absolute atomic E-state index is 0.00509. The van der Waals surface area contributed by atoms with Crippen LogP contribution in [0.2, 0.25) is 0 Å². The molecule has 1 heterocycles. The summed E-state index contributed by atoms with van der Waals surface area (Å²) in [5, 5.41) is 0. The summed E-state index contributed by atoms with van der Waals surface area (Å²) in [6, 6.07) is 0. The number of nitrogens with zero attached hydrogens (tertiary/aromatic N) is 2. The first-order valence-electron chi connectivity index (χ1n) is 3.70. The average Bonchev–Trinajstić information content (AvgIpc) is 2.08. The van der Waals surface area contributed by atoms with Gasteiger partial charge in [-0.3, -0.25) is 4.79 Å². The number of ketones is 1. The molecule has 1 rings (SSSR count). The lowest BCUT2D eigenvalue weighted by Gasteiger charge is -2.02. The molecule has 1 aromatic heterocycles. The molecule has 0 saturated carbocycles. The van der Waals surface area contributed by atoms with Gasteiger partial charge in [0.25, 0.3) is 0 Å². The lowest BCUT2D eigenvalue weighted by atomic mass is 10.2. The maximum Gasteiger partial charge on any atom is 0.182 e. The second-order valence-corrected chi connectivity index (χ2v) is 2.88. The second-order valence-electron chi connectivity index (χ2n) is 2.43. The highest BCUT2D eigenvalue weighted by atomic mass is 32.1. The second kappa shape index (κ2) is 3.67. The molecule has 4 heteroatoms. The third kappa shape index (κ3) is 1.64. The number of hydrogen-bond acceptors (Lipinski definition) is 4. The van der Waals surface area contributed by atoms with E-state index in [1.807, 2.05) is 0 Å². The van der Waals surface area contributed by atoms with Crippen LogP contribution < -0.4 is 0 Å². The normalized spacial score (nSPS) is 9.92. The molecule has 0 aliphatic rings. The molecule has 0 radical (unpaired) electrons. The Morgan fingerprint density at radius 1 is 1.58 bits per heavy atom. The monoisotopic (exact) mass is 182 g/mol. The maximum atomic E-state index is 11.2. The number of hydrogen-bond donors (Lipinski definition) is 1. The number of aryl methyl sites for hydroxylation is 1. The van der Waals surface area contributed by atoms with Crippen LogP contribution in [0.1, 0.15) is 29.5 Å². The van der Waals surface area contributed by atoms with Crippen LogP contribution in [0.4, 0.5) is 0 Å². The summed E-state index contributed by atoms with van der Waals surface area (Å²) >= 11 is 4.16. The summed E-state index contributed by atoms with van der Waals surface area (Å²) in [7, 11) is 0. The van der Waals surface area contributed by atoms with E-state index in [9.17, 15) is 4.79 Å². The minimum atomic E-state index is 0.00509. The third-order valence-corrected chi connectivity index (χ3v) is 2.13. The van der Waals surface area contributed by atoms with Crippen molar-refractivity contribution in [2.24, 2.45) is 0 Å². The van der Waals surface area contributed by atoms with Crippen LogP contribution in [0.25, 0.3) is 0 Å². The molecule has 0 aliphatic carbocycles. The highest BCUT2D eigenvalue weighted by Crippen LogP contribution is 2.14. The quantitative estimate of drug-likeness (QED) is 0.559. The molecule has 1 aromatic rings. The van der Waals surface area contributed by atoms with Gasteiger partial charge in [0.05, 0.1) is 10.6 Å². The van der Waals surface area contributed by atoms with E-state index in [1.165, 1.54) is 6.33 Å². The molecular weight excluding hydrogens is 172 g/mol. The first-order chi connectivity index (χ1) is 5.66. The number of thiol groups is 1. The van der Waals surface area contributed by atoms with Crippen molar-refractivity contribution < 1.29 is 4.79 Å². The number of Topliss-reactive ketones (excluding diaryl/α,β-unsaturated/α-hetero) is 1. The standard InChI is InChI=1S/C8H10N2OS/c1-3-6(11)7-8(12)5(2)9-4-10-7/h4,12H,3H2,1-2H3. The Labute approximate surface area is 76.6 Å². The van der Waals surface area contributed by atoms with E-state index in [2.05, 4.69) is 22.6 Å². The lowest BCUT2D eigenvalue weighted by Crippen LogP contribution is -2.04. The zero-order valence-corrected chi connectivity index (χ0v) is 7.93. The zero-order chi connectivity index (χ0) is 9.14. The van der Waals surface area contributed by atoms with E-state index in [-0.39, 0.29) is 5.78 Å². The molecule has 0 N–H and O–H groups in total. The van der Waals surface area contributed by atoms with E-state index in [0.29, 0.717) is 17.0 Å². The van der Waals surface area contributed by atoms with Crippen molar-refractivity contribution in [1.29, 1.82) is 0 Å². The van der Waals surface area contributed by atoms with Crippen molar-refractivity contribution in [3.05, 3.63) is 17.7 Å². The first kappa shape index (κ1) is 9.19. The number of rotatable bonds is 2. The number of carbonyl (C=O) groups is 1. The van der Waals surface area contributed by atoms with Gasteiger partial charge in [-0.1, -0.05) is 6.92 Å². The van der Waals surface area contributed by atoms with Crippen LogP contribution in [0.3, 0.4) is 0 Å². The summed E-state index contributed by atoms with van der Waals surface area (Å²) in [4.78, 5) is 19.6. The van der Waals surface area contributed by atoms with Gasteiger partial charge in [-0.05, 0) is 6.92 Å². The van der Waals surface area contributed by atoms with E-state index >= 15 is 0 Å². The molecule has 0 spiro atoms. The fraction of sp³-hybridized carbons (Fsp3) is 0.375. The SMILES string of the molecule is CCC(=O)c1ncnc(C)c1S. The molecule has 3 nitrogen and oxygen atoms in total. The Balaban J connectivity index is 3.16. The lowest BCUT2D eigenvalue weighted by molar-refractivity contribution is 0.0980. The van der Waals surface area contributed by atoms with Gasteiger partial charge in [0, 0.05) is 6.42 Å². The fourth-order valence-electron chi connectivity index (χ4n) is 0.838. The molecule has 0 atom stereocenters.